The predicted octanol–water partition coefficient (Wildman–Crippen LogP) is 1.92. The smallest absolute Gasteiger partial charge is 0.409 e. The molecule has 0 spiro atoms. The lowest BCUT2D eigenvalue weighted by molar-refractivity contribution is -0.0207. The SMILES string of the molecule is C[Si](C)(C)CCOC(=O)N1CCC(OCCOCCN)CC1. The van der Waals surface area contributed by atoms with Gasteiger partial charge in [0.25, 0.3) is 0 Å². The Morgan fingerprint density at radius 1 is 1.14 bits per heavy atom. The van der Waals surface area contributed by atoms with Crippen molar-refractivity contribution in [1.29, 1.82) is 0 Å². The Morgan fingerprint density at radius 2 is 1.82 bits per heavy atom. The molecule has 0 unspecified atom stereocenters. The van der Waals surface area contributed by atoms with E-state index in [-0.39, 0.29) is 12.2 Å². The van der Waals surface area contributed by atoms with E-state index in [0.29, 0.717) is 46.1 Å². The van der Waals surface area contributed by atoms with Crippen LogP contribution in [-0.4, -0.2) is 71.2 Å². The van der Waals surface area contributed by atoms with Gasteiger partial charge < -0.3 is 24.8 Å². The molecule has 1 heterocycles. The summed E-state index contributed by atoms with van der Waals surface area (Å²) in [6, 6.07) is 1.01. The topological polar surface area (TPSA) is 74.0 Å². The van der Waals surface area contributed by atoms with Gasteiger partial charge in [0.05, 0.1) is 32.5 Å². The first-order valence-electron chi connectivity index (χ1n) is 8.23. The molecule has 130 valence electrons. The van der Waals surface area contributed by atoms with E-state index in [0.717, 1.165) is 18.9 Å². The quantitative estimate of drug-likeness (QED) is 0.516. The van der Waals surface area contributed by atoms with Crippen molar-refractivity contribution in [3.05, 3.63) is 0 Å². The number of nitrogens with zero attached hydrogens (tertiary/aromatic N) is 1. The van der Waals surface area contributed by atoms with Crippen molar-refractivity contribution >= 4 is 14.2 Å². The number of amides is 1. The van der Waals surface area contributed by atoms with Crippen molar-refractivity contribution in [2.24, 2.45) is 5.73 Å². The van der Waals surface area contributed by atoms with Crippen LogP contribution in [0.3, 0.4) is 0 Å². The number of carbonyl (C=O) groups excluding carboxylic acids is 1. The van der Waals surface area contributed by atoms with Gasteiger partial charge in [0.1, 0.15) is 0 Å². The largest absolute Gasteiger partial charge is 0.450 e. The van der Waals surface area contributed by atoms with Gasteiger partial charge >= 0.3 is 6.09 Å². The van der Waals surface area contributed by atoms with Crippen LogP contribution in [0, 0.1) is 0 Å². The number of likely N-dealkylation sites (tertiary alicyclic amines) is 1. The fraction of sp³-hybridized carbons (Fsp3) is 0.933. The third-order valence-corrected chi connectivity index (χ3v) is 5.33. The zero-order valence-corrected chi connectivity index (χ0v) is 15.3. The lowest BCUT2D eigenvalue weighted by atomic mass is 10.1. The van der Waals surface area contributed by atoms with Gasteiger partial charge in [-0.1, -0.05) is 19.6 Å². The monoisotopic (exact) mass is 332 g/mol. The van der Waals surface area contributed by atoms with Gasteiger partial charge in [-0.05, 0) is 18.9 Å². The maximum atomic E-state index is 12.0. The van der Waals surface area contributed by atoms with Crippen molar-refractivity contribution in [2.45, 2.75) is 44.6 Å². The van der Waals surface area contributed by atoms with Crippen LogP contribution in [0.4, 0.5) is 4.79 Å². The molecular formula is C15H32N2O4Si. The van der Waals surface area contributed by atoms with Gasteiger partial charge in [0, 0.05) is 27.7 Å². The van der Waals surface area contributed by atoms with Crippen LogP contribution in [0.5, 0.6) is 0 Å². The number of hydrogen-bond acceptors (Lipinski definition) is 5. The van der Waals surface area contributed by atoms with E-state index in [2.05, 4.69) is 19.6 Å². The molecule has 2 N–H and O–H groups in total. The van der Waals surface area contributed by atoms with E-state index >= 15 is 0 Å². The third kappa shape index (κ3) is 8.72. The second kappa shape index (κ2) is 10.2. The Kier molecular flexibility index (Phi) is 9.00. The maximum Gasteiger partial charge on any atom is 0.409 e. The van der Waals surface area contributed by atoms with Crippen molar-refractivity contribution in [2.75, 3.05) is 46.1 Å². The third-order valence-electron chi connectivity index (χ3n) is 3.62. The molecule has 1 aliphatic rings. The van der Waals surface area contributed by atoms with E-state index in [9.17, 15) is 4.79 Å². The minimum absolute atomic E-state index is 0.178. The number of ether oxygens (including phenoxy) is 3. The standard InChI is InChI=1S/C15H32N2O4Si/c1-22(2,3)13-12-21-15(18)17-7-4-14(5-8-17)20-11-10-19-9-6-16/h14H,4-13,16H2,1-3H3. The number of carbonyl (C=O) groups is 1. The molecule has 1 rings (SSSR count). The van der Waals surface area contributed by atoms with E-state index in [1.807, 2.05) is 0 Å². The summed E-state index contributed by atoms with van der Waals surface area (Å²) in [6.07, 6.45) is 1.76. The molecule has 1 saturated heterocycles. The van der Waals surface area contributed by atoms with Gasteiger partial charge in [0.15, 0.2) is 0 Å². The Morgan fingerprint density at radius 3 is 2.41 bits per heavy atom. The summed E-state index contributed by atoms with van der Waals surface area (Å²) in [5.74, 6) is 0. The summed E-state index contributed by atoms with van der Waals surface area (Å²) in [5.41, 5.74) is 5.34. The van der Waals surface area contributed by atoms with E-state index < -0.39 is 8.07 Å². The molecule has 0 aromatic rings. The highest BCUT2D eigenvalue weighted by molar-refractivity contribution is 6.76. The number of rotatable bonds is 9. The molecule has 1 fully saturated rings. The van der Waals surface area contributed by atoms with Crippen LogP contribution in [0.15, 0.2) is 0 Å². The van der Waals surface area contributed by atoms with E-state index in [1.54, 1.807) is 4.90 Å². The molecule has 0 aliphatic carbocycles. The minimum atomic E-state index is -1.14. The van der Waals surface area contributed by atoms with Crippen LogP contribution in [0.2, 0.25) is 25.7 Å². The van der Waals surface area contributed by atoms with Gasteiger partial charge in [-0.15, -0.1) is 0 Å². The molecule has 0 aromatic heterocycles. The van der Waals surface area contributed by atoms with Crippen LogP contribution in [-0.2, 0) is 14.2 Å². The normalized spacial score (nSPS) is 16.8. The first-order valence-corrected chi connectivity index (χ1v) is 11.9. The van der Waals surface area contributed by atoms with Crippen molar-refractivity contribution < 1.29 is 19.0 Å². The zero-order valence-electron chi connectivity index (χ0n) is 14.3. The van der Waals surface area contributed by atoms with Gasteiger partial charge in [0.2, 0.25) is 0 Å². The molecule has 0 saturated carbocycles. The lowest BCUT2D eigenvalue weighted by Gasteiger charge is -2.31. The minimum Gasteiger partial charge on any atom is -0.450 e. The zero-order chi connectivity index (χ0) is 16.4. The van der Waals surface area contributed by atoms with Crippen molar-refractivity contribution in [3.63, 3.8) is 0 Å². The maximum absolute atomic E-state index is 12.0. The molecule has 0 bridgehead atoms. The molecule has 0 radical (unpaired) electrons. The first kappa shape index (κ1) is 19.4. The fourth-order valence-electron chi connectivity index (χ4n) is 2.20. The second-order valence-electron chi connectivity index (χ2n) is 6.88. The Labute approximate surface area is 135 Å². The first-order chi connectivity index (χ1) is 10.4. The fourth-order valence-corrected chi connectivity index (χ4v) is 2.91. The van der Waals surface area contributed by atoms with Crippen LogP contribution >= 0.6 is 0 Å². The van der Waals surface area contributed by atoms with Crippen LogP contribution in [0.1, 0.15) is 12.8 Å². The average Bonchev–Trinajstić information content (AvgIpc) is 2.46. The summed E-state index contributed by atoms with van der Waals surface area (Å²) in [4.78, 5) is 13.8. The average molecular weight is 333 g/mol. The Balaban J connectivity index is 2.10. The molecule has 1 aliphatic heterocycles. The highest BCUT2D eigenvalue weighted by Crippen LogP contribution is 2.15. The molecule has 0 aromatic carbocycles. The number of piperidine rings is 1. The molecule has 1 amide bonds. The highest BCUT2D eigenvalue weighted by Gasteiger charge is 2.24. The Bertz CT molecular complexity index is 315. The summed E-state index contributed by atoms with van der Waals surface area (Å²) >= 11 is 0. The molecule has 0 atom stereocenters. The Hall–Kier alpha value is -0.633. The molecular weight excluding hydrogens is 300 g/mol. The van der Waals surface area contributed by atoms with Crippen molar-refractivity contribution in [3.8, 4) is 0 Å². The van der Waals surface area contributed by atoms with Crippen LogP contribution < -0.4 is 5.73 Å². The molecule has 7 heteroatoms. The molecule has 22 heavy (non-hydrogen) atoms. The highest BCUT2D eigenvalue weighted by atomic mass is 28.3. The predicted molar refractivity (Wildman–Crippen MR) is 89.9 cm³/mol. The van der Waals surface area contributed by atoms with Crippen LogP contribution in [0.25, 0.3) is 0 Å². The summed E-state index contributed by atoms with van der Waals surface area (Å²) in [6.45, 7) is 11.1. The van der Waals surface area contributed by atoms with Crippen molar-refractivity contribution in [1.82, 2.24) is 4.90 Å². The lowest BCUT2D eigenvalue weighted by Crippen LogP contribution is -2.41. The van der Waals surface area contributed by atoms with Gasteiger partial charge in [-0.25, -0.2) is 4.79 Å². The number of nitrogens with two attached hydrogens (primary N) is 1. The van der Waals surface area contributed by atoms with E-state index in [4.69, 9.17) is 19.9 Å². The van der Waals surface area contributed by atoms with Gasteiger partial charge in [-0.2, -0.15) is 0 Å². The number of hydrogen-bond donors (Lipinski definition) is 1. The summed E-state index contributed by atoms with van der Waals surface area (Å²) in [7, 11) is -1.14. The molecule has 6 nitrogen and oxygen atoms in total. The summed E-state index contributed by atoms with van der Waals surface area (Å²) in [5, 5.41) is 0. The summed E-state index contributed by atoms with van der Waals surface area (Å²) < 4.78 is 16.4. The second-order valence-corrected chi connectivity index (χ2v) is 12.5. The van der Waals surface area contributed by atoms with Gasteiger partial charge in [-0.3, -0.25) is 0 Å². The van der Waals surface area contributed by atoms with E-state index in [1.165, 1.54) is 0 Å².